The number of rotatable bonds is 6. The van der Waals surface area contributed by atoms with Crippen molar-refractivity contribution in [1.29, 1.82) is 0 Å². The van der Waals surface area contributed by atoms with Gasteiger partial charge in [0.05, 0.1) is 18.9 Å². The monoisotopic (exact) mass is 272 g/mol. The lowest BCUT2D eigenvalue weighted by atomic mass is 10.4. The number of nitrogens with zero attached hydrogens (tertiary/aromatic N) is 2. The van der Waals surface area contributed by atoms with Gasteiger partial charge in [0.15, 0.2) is 0 Å². The van der Waals surface area contributed by atoms with E-state index in [1.807, 2.05) is 0 Å². The van der Waals surface area contributed by atoms with Crippen LogP contribution in [0, 0.1) is 0 Å². The Morgan fingerprint density at radius 3 is 1.95 bits per heavy atom. The topological polar surface area (TPSA) is 139 Å². The van der Waals surface area contributed by atoms with Gasteiger partial charge in [-0.1, -0.05) is 0 Å². The maximum atomic E-state index is 11.8. The van der Waals surface area contributed by atoms with Crippen molar-refractivity contribution >= 4 is 11.9 Å². The van der Waals surface area contributed by atoms with Crippen molar-refractivity contribution in [3.63, 3.8) is 0 Å². The number of hydrogen-bond acceptors (Lipinski definition) is 5. The van der Waals surface area contributed by atoms with E-state index in [9.17, 15) is 24.3 Å². The lowest BCUT2D eigenvalue weighted by molar-refractivity contribution is -0.138. The highest BCUT2D eigenvalue weighted by Gasteiger charge is 2.12. The Labute approximate surface area is 106 Å². The molecule has 9 heteroatoms. The van der Waals surface area contributed by atoms with Gasteiger partial charge in [-0.15, -0.1) is 0 Å². The first kappa shape index (κ1) is 14.5. The molecule has 104 valence electrons. The molecule has 9 nitrogen and oxygen atoms in total. The molecule has 1 heterocycles. The predicted molar refractivity (Wildman–Crippen MR) is 61.1 cm³/mol. The highest BCUT2D eigenvalue weighted by Crippen LogP contribution is 2.02. The molecule has 0 amide bonds. The van der Waals surface area contributed by atoms with Crippen molar-refractivity contribution in [1.82, 2.24) is 9.13 Å². The fraction of sp³-hybridized carbons (Fsp3) is 0.400. The van der Waals surface area contributed by atoms with Gasteiger partial charge in [0.25, 0.3) is 5.56 Å². The van der Waals surface area contributed by atoms with Crippen LogP contribution in [-0.4, -0.2) is 36.4 Å². The number of carboxylic acid groups (broad SMARTS) is 2. The van der Waals surface area contributed by atoms with Gasteiger partial charge in [0.1, 0.15) is 0 Å². The highest BCUT2D eigenvalue weighted by atomic mass is 16.4. The summed E-state index contributed by atoms with van der Waals surface area (Å²) in [4.78, 5) is 44.1. The maximum Gasteiger partial charge on any atom is 0.333 e. The van der Waals surface area contributed by atoms with E-state index >= 15 is 0 Å². The van der Waals surface area contributed by atoms with Crippen LogP contribution in [0.5, 0.6) is 5.88 Å². The van der Waals surface area contributed by atoms with Crippen molar-refractivity contribution in [2.24, 2.45) is 0 Å². The van der Waals surface area contributed by atoms with Crippen LogP contribution in [0.15, 0.2) is 15.7 Å². The van der Waals surface area contributed by atoms with Gasteiger partial charge in [-0.25, -0.2) is 4.79 Å². The molecule has 1 aromatic heterocycles. The summed E-state index contributed by atoms with van der Waals surface area (Å²) in [6.45, 7) is -0.659. The van der Waals surface area contributed by atoms with E-state index in [4.69, 9.17) is 10.2 Å². The van der Waals surface area contributed by atoms with Crippen molar-refractivity contribution < 1.29 is 24.9 Å². The first-order valence-corrected chi connectivity index (χ1v) is 5.30. The summed E-state index contributed by atoms with van der Waals surface area (Å²) in [5, 5.41) is 26.4. The molecule has 0 aliphatic carbocycles. The van der Waals surface area contributed by atoms with Crippen LogP contribution in [0.1, 0.15) is 12.8 Å². The number of aromatic hydroxyl groups is 1. The summed E-state index contributed by atoms with van der Waals surface area (Å²) in [7, 11) is 0. The summed E-state index contributed by atoms with van der Waals surface area (Å²) in [6, 6.07) is 0.741. The SMILES string of the molecule is O=C(O)CCn1c(O)cc(=O)n(CCC(=O)O)c1=O. The minimum atomic E-state index is -1.18. The molecule has 0 saturated carbocycles. The third-order valence-electron chi connectivity index (χ3n) is 2.36. The Hall–Kier alpha value is -2.58. The van der Waals surface area contributed by atoms with Crippen LogP contribution in [0.25, 0.3) is 0 Å². The van der Waals surface area contributed by atoms with Gasteiger partial charge in [-0.05, 0) is 0 Å². The molecule has 0 unspecified atom stereocenters. The Kier molecular flexibility index (Phi) is 4.46. The number of hydrogen-bond donors (Lipinski definition) is 3. The Balaban J connectivity index is 3.15. The summed E-state index contributed by atoms with van der Waals surface area (Å²) >= 11 is 0. The van der Waals surface area contributed by atoms with Crippen molar-refractivity contribution in [2.75, 3.05) is 0 Å². The van der Waals surface area contributed by atoms with Crippen molar-refractivity contribution in [3.8, 4) is 5.88 Å². The number of carboxylic acids is 2. The van der Waals surface area contributed by atoms with Crippen molar-refractivity contribution in [3.05, 3.63) is 26.9 Å². The molecule has 0 aliphatic heterocycles. The van der Waals surface area contributed by atoms with Crippen LogP contribution in [0.3, 0.4) is 0 Å². The van der Waals surface area contributed by atoms with E-state index in [0.29, 0.717) is 9.13 Å². The zero-order valence-corrected chi connectivity index (χ0v) is 9.77. The summed E-state index contributed by atoms with van der Waals surface area (Å²) in [6.07, 6.45) is -0.844. The van der Waals surface area contributed by atoms with Crippen molar-refractivity contribution in [2.45, 2.75) is 25.9 Å². The molecule has 0 aromatic carbocycles. The molecule has 3 N–H and O–H groups in total. The quantitative estimate of drug-likeness (QED) is 0.582. The molecule has 0 fully saturated rings. The second-order valence-electron chi connectivity index (χ2n) is 3.71. The fourth-order valence-corrected chi connectivity index (χ4v) is 1.44. The van der Waals surface area contributed by atoms with Crippen LogP contribution < -0.4 is 11.2 Å². The molecule has 0 aliphatic rings. The van der Waals surface area contributed by atoms with Gasteiger partial charge in [-0.3, -0.25) is 23.5 Å². The van der Waals surface area contributed by atoms with Gasteiger partial charge >= 0.3 is 17.6 Å². The normalized spacial score (nSPS) is 10.3. The molecule has 0 spiro atoms. The second kappa shape index (κ2) is 5.85. The molecule has 1 rings (SSSR count). The average Bonchev–Trinajstić information content (AvgIpc) is 2.27. The van der Waals surface area contributed by atoms with Crippen LogP contribution >= 0.6 is 0 Å². The smallest absolute Gasteiger partial charge is 0.333 e. The minimum absolute atomic E-state index is 0.312. The second-order valence-corrected chi connectivity index (χ2v) is 3.71. The van der Waals surface area contributed by atoms with E-state index in [0.717, 1.165) is 6.07 Å². The fourth-order valence-electron chi connectivity index (χ4n) is 1.44. The summed E-state index contributed by atoms with van der Waals surface area (Å²) in [5.41, 5.74) is -1.78. The summed E-state index contributed by atoms with van der Waals surface area (Å²) < 4.78 is 1.34. The van der Waals surface area contributed by atoms with Crippen LogP contribution in [0.4, 0.5) is 0 Å². The number of aliphatic carboxylic acids is 2. The van der Waals surface area contributed by atoms with Crippen LogP contribution in [-0.2, 0) is 22.7 Å². The Morgan fingerprint density at radius 2 is 1.47 bits per heavy atom. The maximum absolute atomic E-state index is 11.8. The van der Waals surface area contributed by atoms with Gasteiger partial charge in [0, 0.05) is 13.1 Å². The zero-order chi connectivity index (χ0) is 14.6. The molecule has 19 heavy (non-hydrogen) atoms. The standard InChI is InChI=1S/C10H12N2O7/c13-6-5-7(14)12(4-2-9(17)18)10(19)11(6)3-1-8(15)16/h5,13H,1-4H2,(H,15,16)(H,17,18). The van der Waals surface area contributed by atoms with E-state index in [1.165, 1.54) is 0 Å². The third-order valence-corrected chi connectivity index (χ3v) is 2.36. The summed E-state index contributed by atoms with van der Waals surface area (Å²) in [5.74, 6) is -3.01. The Bertz CT molecular complexity index is 613. The minimum Gasteiger partial charge on any atom is -0.494 e. The van der Waals surface area contributed by atoms with Crippen LogP contribution in [0.2, 0.25) is 0 Å². The Morgan fingerprint density at radius 1 is 1.00 bits per heavy atom. The van der Waals surface area contributed by atoms with E-state index in [1.54, 1.807) is 0 Å². The zero-order valence-electron chi connectivity index (χ0n) is 9.77. The highest BCUT2D eigenvalue weighted by molar-refractivity contribution is 5.66. The largest absolute Gasteiger partial charge is 0.494 e. The number of carbonyl (C=O) groups is 2. The van der Waals surface area contributed by atoms with E-state index in [-0.39, 0.29) is 13.1 Å². The van der Waals surface area contributed by atoms with E-state index in [2.05, 4.69) is 0 Å². The van der Waals surface area contributed by atoms with Gasteiger partial charge in [0.2, 0.25) is 5.88 Å². The molecule has 0 radical (unpaired) electrons. The van der Waals surface area contributed by atoms with Gasteiger partial charge in [-0.2, -0.15) is 0 Å². The van der Waals surface area contributed by atoms with Gasteiger partial charge < -0.3 is 15.3 Å². The third kappa shape index (κ3) is 3.69. The lowest BCUT2D eigenvalue weighted by Gasteiger charge is -2.10. The predicted octanol–water partition coefficient (Wildman–Crippen LogP) is -1.33. The first-order chi connectivity index (χ1) is 8.82. The number of aromatic nitrogens is 2. The lowest BCUT2D eigenvalue weighted by Crippen LogP contribution is -2.39. The van der Waals surface area contributed by atoms with E-state index < -0.39 is 41.9 Å². The molecule has 0 bridgehead atoms. The molecule has 1 aromatic rings. The molecular formula is C10H12N2O7. The molecule has 0 atom stereocenters. The molecule has 0 saturated heterocycles. The molecular weight excluding hydrogens is 260 g/mol. The first-order valence-electron chi connectivity index (χ1n) is 5.30. The average molecular weight is 272 g/mol.